The molecule has 0 spiro atoms. The van der Waals surface area contributed by atoms with Gasteiger partial charge in [0.25, 0.3) is 0 Å². The van der Waals surface area contributed by atoms with Crippen molar-refractivity contribution in [1.82, 2.24) is 9.97 Å². The maximum absolute atomic E-state index is 7.49. The number of anilines is 3. The molecule has 19 heavy (non-hydrogen) atoms. The van der Waals surface area contributed by atoms with E-state index in [9.17, 15) is 0 Å². The van der Waals surface area contributed by atoms with Gasteiger partial charge in [-0.2, -0.15) is 0 Å². The first kappa shape index (κ1) is 13.4. The Hall–Kier alpha value is -2.08. The van der Waals surface area contributed by atoms with E-state index < -0.39 is 0 Å². The molecule has 0 saturated heterocycles. The predicted octanol–water partition coefficient (Wildman–Crippen LogP) is 2.55. The molecule has 0 aliphatic heterocycles. The Balaban J connectivity index is 2.46. The van der Waals surface area contributed by atoms with E-state index in [1.165, 1.54) is 18.0 Å². The van der Waals surface area contributed by atoms with E-state index in [-0.39, 0.29) is 0 Å². The number of hydrogen-bond acceptors (Lipinski definition) is 6. The van der Waals surface area contributed by atoms with Crippen LogP contribution in [0.2, 0.25) is 0 Å². The van der Waals surface area contributed by atoms with Gasteiger partial charge in [0.05, 0.1) is 5.69 Å². The first-order chi connectivity index (χ1) is 9.17. The molecular formula is C13H15N5S. The number of nitrogens with one attached hydrogen (secondary N) is 1. The topological polar surface area (TPSA) is 78.9 Å². The molecule has 0 amide bonds. The van der Waals surface area contributed by atoms with Crippen molar-refractivity contribution in [1.29, 1.82) is 5.41 Å². The predicted molar refractivity (Wildman–Crippen MR) is 80.6 cm³/mol. The highest BCUT2D eigenvalue weighted by atomic mass is 32.2. The molecule has 0 aliphatic carbocycles. The minimum atomic E-state index is 0.582. The minimum Gasteiger partial charge on any atom is -0.398 e. The maximum Gasteiger partial charge on any atom is 0.189 e. The Morgan fingerprint density at radius 3 is 2.84 bits per heavy atom. The molecule has 0 fully saturated rings. The molecule has 6 heteroatoms. The Bertz CT molecular complexity index is 599. The van der Waals surface area contributed by atoms with E-state index in [2.05, 4.69) is 9.97 Å². The molecule has 1 aromatic heterocycles. The molecule has 2 aromatic rings. The molecule has 1 heterocycles. The third kappa shape index (κ3) is 2.68. The van der Waals surface area contributed by atoms with Gasteiger partial charge in [0.2, 0.25) is 0 Å². The van der Waals surface area contributed by atoms with Crippen LogP contribution in [0.3, 0.4) is 0 Å². The SMILES string of the molecule is CSc1nccc(N(C)c2cccc(N)c2C=N)n1. The van der Waals surface area contributed by atoms with E-state index >= 15 is 0 Å². The van der Waals surface area contributed by atoms with Gasteiger partial charge in [-0.15, -0.1) is 0 Å². The van der Waals surface area contributed by atoms with Gasteiger partial charge in [0, 0.05) is 30.7 Å². The molecule has 98 valence electrons. The normalized spacial score (nSPS) is 10.2. The van der Waals surface area contributed by atoms with Crippen LogP contribution in [-0.2, 0) is 0 Å². The lowest BCUT2D eigenvalue weighted by Gasteiger charge is -2.21. The van der Waals surface area contributed by atoms with Crippen LogP contribution in [0.5, 0.6) is 0 Å². The van der Waals surface area contributed by atoms with Crippen molar-refractivity contribution in [2.24, 2.45) is 0 Å². The van der Waals surface area contributed by atoms with Crippen molar-refractivity contribution < 1.29 is 0 Å². The second-order valence-corrected chi connectivity index (χ2v) is 4.66. The fourth-order valence-electron chi connectivity index (χ4n) is 1.76. The fraction of sp³-hybridized carbons (Fsp3) is 0.154. The summed E-state index contributed by atoms with van der Waals surface area (Å²) in [7, 11) is 1.90. The molecule has 2 rings (SSSR count). The molecule has 0 unspecified atom stereocenters. The lowest BCUT2D eigenvalue weighted by Crippen LogP contribution is -2.14. The van der Waals surface area contributed by atoms with Crippen LogP contribution in [0.15, 0.2) is 35.6 Å². The van der Waals surface area contributed by atoms with Crippen molar-refractivity contribution in [2.45, 2.75) is 5.16 Å². The van der Waals surface area contributed by atoms with Gasteiger partial charge in [-0.1, -0.05) is 17.8 Å². The largest absolute Gasteiger partial charge is 0.398 e. The summed E-state index contributed by atoms with van der Waals surface area (Å²) in [4.78, 5) is 10.5. The summed E-state index contributed by atoms with van der Waals surface area (Å²) < 4.78 is 0. The second kappa shape index (κ2) is 5.71. The Kier molecular flexibility index (Phi) is 4.01. The highest BCUT2D eigenvalue weighted by molar-refractivity contribution is 7.98. The molecule has 0 atom stereocenters. The second-order valence-electron chi connectivity index (χ2n) is 3.88. The van der Waals surface area contributed by atoms with Gasteiger partial charge in [-0.25, -0.2) is 9.97 Å². The monoisotopic (exact) mass is 273 g/mol. The van der Waals surface area contributed by atoms with Crippen LogP contribution < -0.4 is 10.6 Å². The quantitative estimate of drug-likeness (QED) is 0.387. The smallest absolute Gasteiger partial charge is 0.189 e. The lowest BCUT2D eigenvalue weighted by atomic mass is 10.1. The van der Waals surface area contributed by atoms with Gasteiger partial charge >= 0.3 is 0 Å². The maximum atomic E-state index is 7.49. The number of thioether (sulfide) groups is 1. The third-order valence-corrected chi connectivity index (χ3v) is 3.33. The highest BCUT2D eigenvalue weighted by Gasteiger charge is 2.11. The van der Waals surface area contributed by atoms with E-state index in [4.69, 9.17) is 11.1 Å². The van der Waals surface area contributed by atoms with Crippen molar-refractivity contribution in [2.75, 3.05) is 23.9 Å². The molecule has 0 radical (unpaired) electrons. The van der Waals surface area contributed by atoms with Gasteiger partial charge in [-0.05, 0) is 24.5 Å². The molecule has 3 N–H and O–H groups in total. The van der Waals surface area contributed by atoms with Crippen molar-refractivity contribution >= 4 is 35.2 Å². The standard InChI is InChI=1S/C13H15N5S/c1-18(12-6-7-16-13(17-12)19-2)11-5-3-4-10(15)9(11)8-14/h3-8,14H,15H2,1-2H3. The van der Waals surface area contributed by atoms with Crippen molar-refractivity contribution in [3.63, 3.8) is 0 Å². The number of benzene rings is 1. The Labute approximate surface area is 116 Å². The van der Waals surface area contributed by atoms with E-state index in [0.29, 0.717) is 16.4 Å². The number of nitrogen functional groups attached to an aromatic ring is 1. The summed E-state index contributed by atoms with van der Waals surface area (Å²) in [5.74, 6) is 0.771. The zero-order valence-corrected chi connectivity index (χ0v) is 11.6. The summed E-state index contributed by atoms with van der Waals surface area (Å²) in [5.41, 5.74) is 8.01. The fourth-order valence-corrected chi connectivity index (χ4v) is 2.11. The number of nitrogens with zero attached hydrogens (tertiary/aromatic N) is 3. The summed E-state index contributed by atoms with van der Waals surface area (Å²) in [6.07, 6.45) is 4.92. The van der Waals surface area contributed by atoms with Crippen LogP contribution in [-0.4, -0.2) is 29.5 Å². The van der Waals surface area contributed by atoms with E-state index in [1.54, 1.807) is 12.3 Å². The zero-order chi connectivity index (χ0) is 13.8. The number of nitrogens with two attached hydrogens (primary N) is 1. The average molecular weight is 273 g/mol. The summed E-state index contributed by atoms with van der Waals surface area (Å²) in [6.45, 7) is 0. The van der Waals surface area contributed by atoms with Crippen LogP contribution in [0.1, 0.15) is 5.56 Å². The van der Waals surface area contributed by atoms with Gasteiger partial charge < -0.3 is 16.0 Å². The summed E-state index contributed by atoms with van der Waals surface area (Å²) in [5, 5.41) is 8.20. The molecule has 0 bridgehead atoms. The first-order valence-electron chi connectivity index (χ1n) is 5.67. The van der Waals surface area contributed by atoms with Crippen molar-refractivity contribution in [3.8, 4) is 0 Å². The number of aromatic nitrogens is 2. The molecular weight excluding hydrogens is 258 g/mol. The molecule has 0 saturated carbocycles. The van der Waals surface area contributed by atoms with Crippen molar-refractivity contribution in [3.05, 3.63) is 36.0 Å². The summed E-state index contributed by atoms with van der Waals surface area (Å²) in [6, 6.07) is 7.39. The van der Waals surface area contributed by atoms with E-state index in [0.717, 1.165) is 11.5 Å². The van der Waals surface area contributed by atoms with Crippen LogP contribution in [0.25, 0.3) is 0 Å². The summed E-state index contributed by atoms with van der Waals surface area (Å²) >= 11 is 1.49. The van der Waals surface area contributed by atoms with Gasteiger partial charge in [-0.3, -0.25) is 0 Å². The Morgan fingerprint density at radius 2 is 2.16 bits per heavy atom. The third-order valence-electron chi connectivity index (χ3n) is 2.77. The average Bonchev–Trinajstić information content (AvgIpc) is 2.46. The zero-order valence-electron chi connectivity index (χ0n) is 10.8. The number of rotatable bonds is 4. The number of hydrogen-bond donors (Lipinski definition) is 2. The molecule has 1 aromatic carbocycles. The van der Waals surface area contributed by atoms with Crippen LogP contribution in [0, 0.1) is 5.41 Å². The molecule has 5 nitrogen and oxygen atoms in total. The van der Waals surface area contributed by atoms with Gasteiger partial charge in [0.15, 0.2) is 5.16 Å². The van der Waals surface area contributed by atoms with Crippen LogP contribution in [0.4, 0.5) is 17.2 Å². The first-order valence-corrected chi connectivity index (χ1v) is 6.89. The van der Waals surface area contributed by atoms with E-state index in [1.807, 2.05) is 36.4 Å². The Morgan fingerprint density at radius 1 is 1.37 bits per heavy atom. The lowest BCUT2D eigenvalue weighted by molar-refractivity contribution is 0.945. The highest BCUT2D eigenvalue weighted by Crippen LogP contribution is 2.28. The van der Waals surface area contributed by atoms with Crippen LogP contribution >= 0.6 is 11.8 Å². The van der Waals surface area contributed by atoms with Gasteiger partial charge in [0.1, 0.15) is 5.82 Å². The minimum absolute atomic E-state index is 0.582. The molecule has 0 aliphatic rings.